The summed E-state index contributed by atoms with van der Waals surface area (Å²) in [6, 6.07) is 5.75. The molecule has 3 rings (SSSR count). The molecule has 1 aromatic heterocycles. The van der Waals surface area contributed by atoms with E-state index in [-0.39, 0.29) is 23.9 Å². The second-order valence-electron chi connectivity index (χ2n) is 6.29. The molecule has 1 aliphatic heterocycles. The van der Waals surface area contributed by atoms with Gasteiger partial charge in [-0.3, -0.25) is 9.48 Å². The van der Waals surface area contributed by atoms with Crippen molar-refractivity contribution in [2.45, 2.75) is 32.2 Å². The number of nitrogens with zero attached hydrogens (tertiary/aromatic N) is 3. The van der Waals surface area contributed by atoms with Crippen molar-refractivity contribution in [2.75, 3.05) is 13.1 Å². The smallest absolute Gasteiger partial charge is 0.244 e. The Kier molecular flexibility index (Phi) is 5.23. The Labute approximate surface area is 140 Å². The fourth-order valence-corrected chi connectivity index (χ4v) is 3.28. The van der Waals surface area contributed by atoms with Crippen LogP contribution in [0.15, 0.2) is 36.7 Å². The molecule has 128 valence electrons. The highest BCUT2D eigenvalue weighted by Gasteiger charge is 2.24. The van der Waals surface area contributed by atoms with Crippen molar-refractivity contribution in [1.29, 1.82) is 0 Å². The molecule has 4 nitrogen and oxygen atoms in total. The minimum atomic E-state index is -0.488. The van der Waals surface area contributed by atoms with Crippen molar-refractivity contribution in [1.82, 2.24) is 14.7 Å². The van der Waals surface area contributed by atoms with Gasteiger partial charge in [0.1, 0.15) is 18.2 Å². The van der Waals surface area contributed by atoms with E-state index in [0.717, 1.165) is 19.4 Å². The molecule has 2 aromatic rings. The number of hydrogen-bond acceptors (Lipinski definition) is 2. The zero-order valence-corrected chi connectivity index (χ0v) is 13.5. The van der Waals surface area contributed by atoms with Crippen LogP contribution in [0.25, 0.3) is 0 Å². The zero-order chi connectivity index (χ0) is 16.9. The Morgan fingerprint density at radius 1 is 1.25 bits per heavy atom. The van der Waals surface area contributed by atoms with Crippen LogP contribution in [-0.4, -0.2) is 33.7 Å². The predicted molar refractivity (Wildman–Crippen MR) is 86.2 cm³/mol. The topological polar surface area (TPSA) is 38.1 Å². The third kappa shape index (κ3) is 3.99. The molecule has 0 saturated carbocycles. The average Bonchev–Trinajstić information content (AvgIpc) is 3.07. The molecule has 6 heteroatoms. The van der Waals surface area contributed by atoms with E-state index in [0.29, 0.717) is 19.4 Å². The third-order valence-corrected chi connectivity index (χ3v) is 4.59. The molecule has 0 unspecified atom stereocenters. The number of benzene rings is 1. The predicted octanol–water partition coefficient (Wildman–Crippen LogP) is 3.03. The largest absolute Gasteiger partial charge is 0.341 e. The molecule has 0 radical (unpaired) electrons. The van der Waals surface area contributed by atoms with Crippen molar-refractivity contribution in [3.63, 3.8) is 0 Å². The summed E-state index contributed by atoms with van der Waals surface area (Å²) in [4.78, 5) is 14.2. The van der Waals surface area contributed by atoms with Crippen LogP contribution in [-0.2, 0) is 17.8 Å². The Morgan fingerprint density at radius 3 is 2.75 bits per heavy atom. The molecule has 2 heterocycles. The lowest BCUT2D eigenvalue weighted by molar-refractivity contribution is -0.133. The maximum Gasteiger partial charge on any atom is 0.244 e. The summed E-state index contributed by atoms with van der Waals surface area (Å²) in [5, 5.41) is 4.05. The second kappa shape index (κ2) is 7.55. The quantitative estimate of drug-likeness (QED) is 0.843. The SMILES string of the molecule is O=C(Cn1cccn1)N1CCC[C@@H](CCc2c(F)cccc2F)C1. The van der Waals surface area contributed by atoms with Crippen LogP contribution in [0, 0.1) is 17.6 Å². The van der Waals surface area contributed by atoms with Crippen LogP contribution >= 0.6 is 0 Å². The summed E-state index contributed by atoms with van der Waals surface area (Å²) in [5.74, 6) is -0.658. The number of rotatable bonds is 5. The first-order valence-corrected chi connectivity index (χ1v) is 8.31. The molecule has 1 aromatic carbocycles. The lowest BCUT2D eigenvalue weighted by Gasteiger charge is -2.33. The number of aromatic nitrogens is 2. The average molecular weight is 333 g/mol. The van der Waals surface area contributed by atoms with Gasteiger partial charge in [0.25, 0.3) is 0 Å². The summed E-state index contributed by atoms with van der Waals surface area (Å²) in [6.07, 6.45) is 6.38. The van der Waals surface area contributed by atoms with Gasteiger partial charge in [-0.1, -0.05) is 6.07 Å². The molecule has 1 atom stereocenters. The number of halogens is 2. The molecule has 24 heavy (non-hydrogen) atoms. The molecular formula is C18H21F2N3O. The van der Waals surface area contributed by atoms with E-state index in [9.17, 15) is 13.6 Å². The first-order chi connectivity index (χ1) is 11.6. The summed E-state index contributed by atoms with van der Waals surface area (Å²) < 4.78 is 29.0. The molecule has 1 aliphatic rings. The molecule has 1 amide bonds. The Morgan fingerprint density at radius 2 is 2.04 bits per heavy atom. The van der Waals surface area contributed by atoms with E-state index in [1.54, 1.807) is 23.1 Å². The normalized spacial score (nSPS) is 17.9. The maximum absolute atomic E-state index is 13.7. The van der Waals surface area contributed by atoms with Crippen molar-refractivity contribution < 1.29 is 13.6 Å². The second-order valence-corrected chi connectivity index (χ2v) is 6.29. The van der Waals surface area contributed by atoms with Gasteiger partial charge in [-0.05, 0) is 49.8 Å². The lowest BCUT2D eigenvalue weighted by atomic mass is 9.91. The first-order valence-electron chi connectivity index (χ1n) is 8.31. The van der Waals surface area contributed by atoms with E-state index >= 15 is 0 Å². The van der Waals surface area contributed by atoms with E-state index in [4.69, 9.17) is 0 Å². The van der Waals surface area contributed by atoms with Gasteiger partial charge in [-0.2, -0.15) is 5.10 Å². The van der Waals surface area contributed by atoms with Crippen LogP contribution in [0.4, 0.5) is 8.78 Å². The van der Waals surface area contributed by atoms with Crippen LogP contribution in [0.5, 0.6) is 0 Å². The van der Waals surface area contributed by atoms with Gasteiger partial charge in [0, 0.05) is 31.0 Å². The molecule has 0 N–H and O–H groups in total. The summed E-state index contributed by atoms with van der Waals surface area (Å²) in [5.41, 5.74) is 0.150. The summed E-state index contributed by atoms with van der Waals surface area (Å²) in [6.45, 7) is 1.63. The Bertz CT molecular complexity index is 667. The highest BCUT2D eigenvalue weighted by Crippen LogP contribution is 2.23. The lowest BCUT2D eigenvalue weighted by Crippen LogP contribution is -2.41. The van der Waals surface area contributed by atoms with Gasteiger partial charge in [-0.15, -0.1) is 0 Å². The zero-order valence-electron chi connectivity index (χ0n) is 13.5. The number of piperidine rings is 1. The molecule has 0 spiro atoms. The van der Waals surface area contributed by atoms with Crippen LogP contribution in [0.2, 0.25) is 0 Å². The fraction of sp³-hybridized carbons (Fsp3) is 0.444. The van der Waals surface area contributed by atoms with Crippen molar-refractivity contribution >= 4 is 5.91 Å². The van der Waals surface area contributed by atoms with E-state index in [1.165, 1.54) is 18.2 Å². The molecule has 0 bridgehead atoms. The number of carbonyl (C=O) groups is 1. The molecular weight excluding hydrogens is 312 g/mol. The first kappa shape index (κ1) is 16.6. The highest BCUT2D eigenvalue weighted by molar-refractivity contribution is 5.76. The van der Waals surface area contributed by atoms with Crippen molar-refractivity contribution in [3.8, 4) is 0 Å². The Balaban J connectivity index is 1.54. The number of amides is 1. The highest BCUT2D eigenvalue weighted by atomic mass is 19.1. The van der Waals surface area contributed by atoms with Gasteiger partial charge in [-0.25, -0.2) is 8.78 Å². The summed E-state index contributed by atoms with van der Waals surface area (Å²) >= 11 is 0. The van der Waals surface area contributed by atoms with E-state index in [1.807, 2.05) is 4.90 Å². The van der Waals surface area contributed by atoms with E-state index < -0.39 is 11.6 Å². The molecule has 1 saturated heterocycles. The van der Waals surface area contributed by atoms with E-state index in [2.05, 4.69) is 5.10 Å². The number of carbonyl (C=O) groups excluding carboxylic acids is 1. The summed E-state index contributed by atoms with van der Waals surface area (Å²) in [7, 11) is 0. The van der Waals surface area contributed by atoms with Gasteiger partial charge >= 0.3 is 0 Å². The van der Waals surface area contributed by atoms with Gasteiger partial charge in [0.05, 0.1) is 0 Å². The van der Waals surface area contributed by atoms with Crippen LogP contribution < -0.4 is 0 Å². The van der Waals surface area contributed by atoms with Gasteiger partial charge < -0.3 is 4.90 Å². The minimum absolute atomic E-state index is 0.0421. The minimum Gasteiger partial charge on any atom is -0.341 e. The third-order valence-electron chi connectivity index (χ3n) is 4.59. The monoisotopic (exact) mass is 333 g/mol. The standard InChI is InChI=1S/C18H21F2N3O/c19-16-5-1-6-17(20)15(16)8-7-14-4-2-10-22(12-14)18(24)13-23-11-3-9-21-23/h1,3,5-6,9,11,14H,2,4,7-8,10,12-13H2/t14-/m0/s1. The number of likely N-dealkylation sites (tertiary alicyclic amines) is 1. The molecule has 1 fully saturated rings. The van der Waals surface area contributed by atoms with Crippen LogP contribution in [0.3, 0.4) is 0 Å². The Hall–Kier alpha value is -2.24. The van der Waals surface area contributed by atoms with Gasteiger partial charge in [0.2, 0.25) is 5.91 Å². The number of hydrogen-bond donors (Lipinski definition) is 0. The van der Waals surface area contributed by atoms with Crippen molar-refractivity contribution in [3.05, 3.63) is 53.9 Å². The van der Waals surface area contributed by atoms with Crippen molar-refractivity contribution in [2.24, 2.45) is 5.92 Å². The van der Waals surface area contributed by atoms with Gasteiger partial charge in [0.15, 0.2) is 0 Å². The maximum atomic E-state index is 13.7. The fourth-order valence-electron chi connectivity index (χ4n) is 3.28. The van der Waals surface area contributed by atoms with Crippen LogP contribution in [0.1, 0.15) is 24.8 Å². The molecule has 0 aliphatic carbocycles.